The van der Waals surface area contributed by atoms with Crippen LogP contribution in [-0.4, -0.2) is 80.6 Å². The highest BCUT2D eigenvalue weighted by Crippen LogP contribution is 2.20. The van der Waals surface area contributed by atoms with Crippen molar-refractivity contribution in [3.8, 4) is 0 Å². The molecule has 0 aromatic carbocycles. The molecule has 10 nitrogen and oxygen atoms in total. The summed E-state index contributed by atoms with van der Waals surface area (Å²) in [5.41, 5.74) is 0. The molecule has 0 amide bonds. The first-order valence-corrected chi connectivity index (χ1v) is 29.9. The molecule has 0 aromatic rings. The topological polar surface area (TPSA) is 118 Å². The van der Waals surface area contributed by atoms with E-state index < -0.39 is 24.3 Å². The van der Waals surface area contributed by atoms with E-state index in [4.69, 9.17) is 23.7 Å². The second-order valence-electron chi connectivity index (χ2n) is 20.6. The van der Waals surface area contributed by atoms with E-state index in [1.165, 1.54) is 96.3 Å². The third kappa shape index (κ3) is 45.2. The van der Waals surface area contributed by atoms with Crippen LogP contribution in [0.25, 0.3) is 0 Å². The zero-order valence-corrected chi connectivity index (χ0v) is 46.9. The number of nitrogens with zero attached hydrogens (tertiary/aromatic N) is 1. The molecule has 1 aliphatic heterocycles. The van der Waals surface area contributed by atoms with Crippen molar-refractivity contribution in [2.24, 2.45) is 0 Å². The number of hydrogen-bond donors (Lipinski definition) is 0. The van der Waals surface area contributed by atoms with Crippen LogP contribution in [0.2, 0.25) is 0 Å². The first-order chi connectivity index (χ1) is 35.3. The minimum absolute atomic E-state index is 0.000250. The molecular weight excluding hydrogens is 903 g/mol. The average Bonchev–Trinajstić information content (AvgIpc) is 3.37. The Bertz CT molecular complexity index is 1340. The number of allylic oxidation sites excluding steroid dienone is 8. The van der Waals surface area contributed by atoms with Crippen LogP contribution >= 0.6 is 0 Å². The summed E-state index contributed by atoms with van der Waals surface area (Å²) in [7, 11) is 2.06. The van der Waals surface area contributed by atoms with Crippen LogP contribution in [0, 0.1) is 0 Å². The van der Waals surface area contributed by atoms with E-state index in [1.807, 2.05) is 0 Å². The Hall–Kier alpha value is -3.40. The lowest BCUT2D eigenvalue weighted by molar-refractivity contribution is -0.167. The third-order valence-corrected chi connectivity index (χ3v) is 13.6. The SMILES string of the molecule is CCCCCC=CCC=CCCCCCCCC(=O)OCC(COC(=O)CCCCCCC/C=C\C/C=C\CCCCC)OC(=O)CCC(CCCCCCCCCCCC)OC(=O)OC1CCN(C)CC1. The third-order valence-electron chi connectivity index (χ3n) is 13.6. The second-order valence-corrected chi connectivity index (χ2v) is 20.6. The molecule has 1 aliphatic rings. The van der Waals surface area contributed by atoms with Gasteiger partial charge >= 0.3 is 24.1 Å². The molecule has 72 heavy (non-hydrogen) atoms. The molecular formula is C62H109NO9. The second kappa shape index (κ2) is 51.1. The van der Waals surface area contributed by atoms with E-state index in [-0.39, 0.29) is 56.9 Å². The maximum Gasteiger partial charge on any atom is 0.508 e. The Balaban J connectivity index is 2.65. The van der Waals surface area contributed by atoms with Crippen molar-refractivity contribution in [2.45, 2.75) is 289 Å². The van der Waals surface area contributed by atoms with Gasteiger partial charge in [0.2, 0.25) is 0 Å². The fourth-order valence-corrected chi connectivity index (χ4v) is 8.84. The van der Waals surface area contributed by atoms with E-state index in [1.54, 1.807) is 0 Å². The molecule has 0 bridgehead atoms. The summed E-state index contributed by atoms with van der Waals surface area (Å²) in [4.78, 5) is 54.2. The van der Waals surface area contributed by atoms with Crippen LogP contribution in [0.1, 0.15) is 271 Å². The van der Waals surface area contributed by atoms with Crippen molar-refractivity contribution < 1.29 is 42.9 Å². The summed E-state index contributed by atoms with van der Waals surface area (Å²) in [6.07, 6.45) is 55.0. The lowest BCUT2D eigenvalue weighted by atomic mass is 10.0. The van der Waals surface area contributed by atoms with Crippen LogP contribution < -0.4 is 0 Å². The van der Waals surface area contributed by atoms with Gasteiger partial charge in [-0.3, -0.25) is 14.4 Å². The number of hydrogen-bond acceptors (Lipinski definition) is 10. The molecule has 1 rings (SSSR count). The number of carbonyl (C=O) groups is 4. The van der Waals surface area contributed by atoms with Gasteiger partial charge in [-0.15, -0.1) is 0 Å². The highest BCUT2D eigenvalue weighted by atomic mass is 16.7. The number of piperidine rings is 1. The lowest BCUT2D eigenvalue weighted by Gasteiger charge is -2.28. The predicted molar refractivity (Wildman–Crippen MR) is 298 cm³/mol. The zero-order valence-electron chi connectivity index (χ0n) is 46.9. The molecule has 0 radical (unpaired) electrons. The number of likely N-dealkylation sites (tertiary alicyclic amines) is 1. The van der Waals surface area contributed by atoms with Gasteiger partial charge in [-0.25, -0.2) is 4.79 Å². The fraction of sp³-hybridized carbons (Fsp3) is 0.806. The minimum Gasteiger partial charge on any atom is -0.462 e. The van der Waals surface area contributed by atoms with Crippen molar-refractivity contribution in [2.75, 3.05) is 33.4 Å². The fourth-order valence-electron chi connectivity index (χ4n) is 8.84. The van der Waals surface area contributed by atoms with Gasteiger partial charge in [-0.05, 0) is 116 Å². The van der Waals surface area contributed by atoms with Crippen molar-refractivity contribution in [1.82, 2.24) is 4.90 Å². The van der Waals surface area contributed by atoms with Gasteiger partial charge in [0.05, 0.1) is 0 Å². The summed E-state index contributed by atoms with van der Waals surface area (Å²) in [6, 6.07) is 0. The first-order valence-electron chi connectivity index (χ1n) is 29.9. The zero-order chi connectivity index (χ0) is 52.2. The van der Waals surface area contributed by atoms with Gasteiger partial charge in [0.1, 0.15) is 25.4 Å². The van der Waals surface area contributed by atoms with Crippen LogP contribution in [0.3, 0.4) is 0 Å². The molecule has 0 aromatic heterocycles. The van der Waals surface area contributed by atoms with E-state index in [9.17, 15) is 19.2 Å². The maximum absolute atomic E-state index is 13.4. The smallest absolute Gasteiger partial charge is 0.462 e. The largest absolute Gasteiger partial charge is 0.508 e. The van der Waals surface area contributed by atoms with Crippen LogP contribution in [0.15, 0.2) is 48.6 Å². The normalized spacial score (nSPS) is 14.4. The van der Waals surface area contributed by atoms with Gasteiger partial charge in [-0.2, -0.15) is 0 Å². The highest BCUT2D eigenvalue weighted by Gasteiger charge is 2.25. The summed E-state index contributed by atoms with van der Waals surface area (Å²) in [5.74, 6) is -1.23. The predicted octanol–water partition coefficient (Wildman–Crippen LogP) is 17.3. The molecule has 1 fully saturated rings. The van der Waals surface area contributed by atoms with Gasteiger partial charge < -0.3 is 28.6 Å². The molecule has 2 atom stereocenters. The molecule has 0 N–H and O–H groups in total. The minimum atomic E-state index is -0.935. The number of esters is 3. The number of unbranched alkanes of at least 4 members (excludes halogenated alkanes) is 25. The van der Waals surface area contributed by atoms with E-state index in [0.717, 1.165) is 135 Å². The average molecular weight is 1010 g/mol. The quantitative estimate of drug-likeness (QED) is 0.0252. The van der Waals surface area contributed by atoms with Crippen molar-refractivity contribution in [1.29, 1.82) is 0 Å². The van der Waals surface area contributed by atoms with Gasteiger partial charge in [0.25, 0.3) is 0 Å². The van der Waals surface area contributed by atoms with Gasteiger partial charge in [0.15, 0.2) is 6.10 Å². The molecule has 1 heterocycles. The molecule has 0 spiro atoms. The van der Waals surface area contributed by atoms with E-state index in [0.29, 0.717) is 6.42 Å². The van der Waals surface area contributed by atoms with Gasteiger partial charge in [0, 0.05) is 32.4 Å². The summed E-state index contributed by atoms with van der Waals surface area (Å²) >= 11 is 0. The van der Waals surface area contributed by atoms with Gasteiger partial charge in [-0.1, -0.05) is 191 Å². The van der Waals surface area contributed by atoms with Crippen molar-refractivity contribution >= 4 is 24.1 Å². The molecule has 0 aliphatic carbocycles. The maximum atomic E-state index is 13.4. The molecule has 10 heteroatoms. The standard InChI is InChI=1S/C62H109NO9/c1-5-8-11-14-17-20-23-25-27-29-31-34-37-40-43-46-59(64)68-54-58(55-69-60(65)47-44-41-38-35-32-30-28-26-24-21-18-15-12-9-6-2)70-61(66)49-48-56(45-42-39-36-33-22-19-16-13-10-7-3)71-62(67)72-57-50-52-63(4)53-51-57/h17-18,20-21,25-28,56-58H,5-16,19,22-24,29-55H2,1-4H3/b20-17-,21-18?,27-25-,28-26?. The van der Waals surface area contributed by atoms with E-state index >= 15 is 0 Å². The Labute approximate surface area is 441 Å². The van der Waals surface area contributed by atoms with Crippen LogP contribution in [-0.2, 0) is 38.1 Å². The van der Waals surface area contributed by atoms with Crippen LogP contribution in [0.4, 0.5) is 4.79 Å². The molecule has 0 saturated carbocycles. The summed E-state index contributed by atoms with van der Waals surface area (Å²) in [5, 5.41) is 0. The Morgan fingerprint density at radius 2 is 0.819 bits per heavy atom. The Morgan fingerprint density at radius 1 is 0.431 bits per heavy atom. The molecule has 1 saturated heterocycles. The summed E-state index contributed by atoms with van der Waals surface area (Å²) in [6.45, 7) is 8.05. The number of ether oxygens (including phenoxy) is 5. The Morgan fingerprint density at radius 3 is 1.28 bits per heavy atom. The lowest BCUT2D eigenvalue weighted by Crippen LogP contribution is -2.36. The highest BCUT2D eigenvalue weighted by molar-refractivity contribution is 5.71. The number of rotatable bonds is 49. The first kappa shape index (κ1) is 66.6. The van der Waals surface area contributed by atoms with Crippen molar-refractivity contribution in [3.63, 3.8) is 0 Å². The monoisotopic (exact) mass is 1010 g/mol. The summed E-state index contributed by atoms with van der Waals surface area (Å²) < 4.78 is 28.6. The van der Waals surface area contributed by atoms with E-state index in [2.05, 4.69) is 81.3 Å². The number of carbonyl (C=O) groups excluding carboxylic acids is 4. The Kier molecular flexibility index (Phi) is 47.3. The van der Waals surface area contributed by atoms with Crippen molar-refractivity contribution in [3.05, 3.63) is 48.6 Å². The molecule has 416 valence electrons. The van der Waals surface area contributed by atoms with Crippen LogP contribution in [0.5, 0.6) is 0 Å². The molecule has 2 unspecified atom stereocenters.